The van der Waals surface area contributed by atoms with E-state index in [0.717, 1.165) is 70.6 Å². The molecule has 0 amide bonds. The molecule has 5 heteroatoms. The van der Waals surface area contributed by atoms with E-state index < -0.39 is 6.10 Å². The normalized spacial score (nSPS) is 12.6. The van der Waals surface area contributed by atoms with Crippen molar-refractivity contribution in [2.45, 2.75) is 232 Å². The average molecular weight is 757 g/mol. The maximum atomic E-state index is 12.7. The lowest BCUT2D eigenvalue weighted by molar-refractivity contribution is -0.163. The summed E-state index contributed by atoms with van der Waals surface area (Å²) in [5, 5.41) is 0. The highest BCUT2D eigenvalue weighted by molar-refractivity contribution is 5.70. The molecule has 0 aliphatic carbocycles. The largest absolute Gasteiger partial charge is 0.462 e. The van der Waals surface area contributed by atoms with Gasteiger partial charge in [0.25, 0.3) is 0 Å². The molecule has 0 N–H and O–H groups in total. The lowest BCUT2D eigenvalue weighted by Crippen LogP contribution is -2.30. The molecule has 0 fully saturated rings. The monoisotopic (exact) mass is 757 g/mol. The second-order valence-corrected chi connectivity index (χ2v) is 15.3. The van der Waals surface area contributed by atoms with E-state index in [4.69, 9.17) is 14.2 Å². The number of hydrogen-bond acceptors (Lipinski definition) is 5. The number of ether oxygens (including phenoxy) is 3. The van der Waals surface area contributed by atoms with E-state index in [1.54, 1.807) is 0 Å². The Hall–Kier alpha value is -2.14. The summed E-state index contributed by atoms with van der Waals surface area (Å²) in [5.41, 5.74) is 0. The van der Waals surface area contributed by atoms with Crippen LogP contribution in [-0.2, 0) is 23.8 Å². The van der Waals surface area contributed by atoms with Crippen LogP contribution in [0, 0.1) is 0 Å². The zero-order chi connectivity index (χ0) is 39.3. The van der Waals surface area contributed by atoms with Gasteiger partial charge in [0, 0.05) is 19.4 Å². The molecular weight excluding hydrogens is 669 g/mol. The fraction of sp³-hybridized carbons (Fsp3) is 0.796. The number of esters is 2. The molecule has 54 heavy (non-hydrogen) atoms. The zero-order valence-electron chi connectivity index (χ0n) is 36.0. The topological polar surface area (TPSA) is 61.8 Å². The summed E-state index contributed by atoms with van der Waals surface area (Å²) >= 11 is 0. The first-order valence-corrected chi connectivity index (χ1v) is 23.2. The van der Waals surface area contributed by atoms with Gasteiger partial charge < -0.3 is 14.2 Å². The van der Waals surface area contributed by atoms with Gasteiger partial charge >= 0.3 is 11.9 Å². The molecule has 0 aliphatic heterocycles. The van der Waals surface area contributed by atoms with Gasteiger partial charge in [0.2, 0.25) is 0 Å². The molecule has 1 unspecified atom stereocenters. The van der Waals surface area contributed by atoms with Gasteiger partial charge in [0.15, 0.2) is 6.10 Å². The molecule has 0 aromatic carbocycles. The standard InChI is InChI=1S/C49H88O5/c1-4-7-10-13-16-19-22-24-25-27-28-30-33-36-39-42-48(50)53-46-47(45-52-44-41-38-35-32-21-18-15-12-9-6-3)54-49(51)43-40-37-34-31-29-26-23-20-17-14-11-8-5-2/h7,10,16,19,24-25,28,30,47H,4-6,8-9,11-15,17-18,20-23,26-27,29,31-46H2,1-3H3/b10-7-,19-16-,25-24-,30-28-. The Kier molecular flexibility index (Phi) is 43.5. The van der Waals surface area contributed by atoms with Crippen molar-refractivity contribution in [3.63, 3.8) is 0 Å². The van der Waals surface area contributed by atoms with Crippen molar-refractivity contribution in [2.24, 2.45) is 0 Å². The van der Waals surface area contributed by atoms with E-state index in [1.165, 1.54) is 122 Å². The molecule has 0 bridgehead atoms. The molecule has 1 atom stereocenters. The van der Waals surface area contributed by atoms with Crippen molar-refractivity contribution in [2.75, 3.05) is 19.8 Å². The highest BCUT2D eigenvalue weighted by atomic mass is 16.6. The molecule has 0 saturated carbocycles. The van der Waals surface area contributed by atoms with Crippen LogP contribution in [0.25, 0.3) is 0 Å². The van der Waals surface area contributed by atoms with Crippen LogP contribution in [0.15, 0.2) is 48.6 Å². The fourth-order valence-corrected chi connectivity index (χ4v) is 6.44. The minimum Gasteiger partial charge on any atom is -0.462 e. The van der Waals surface area contributed by atoms with Gasteiger partial charge in [0.1, 0.15) is 6.61 Å². The molecule has 0 saturated heterocycles. The highest BCUT2D eigenvalue weighted by Crippen LogP contribution is 2.14. The van der Waals surface area contributed by atoms with Crippen LogP contribution in [0.1, 0.15) is 226 Å². The van der Waals surface area contributed by atoms with Crippen molar-refractivity contribution in [1.29, 1.82) is 0 Å². The third kappa shape index (κ3) is 42.6. The summed E-state index contributed by atoms with van der Waals surface area (Å²) in [6.45, 7) is 7.68. The SMILES string of the molecule is CC/C=C\C/C=C\C/C=C\C/C=C\CCCCC(=O)OCC(COCCCCCCCCCCCC)OC(=O)CCCCCCCCCCCCCCC. The zero-order valence-corrected chi connectivity index (χ0v) is 36.0. The van der Waals surface area contributed by atoms with Crippen molar-refractivity contribution in [1.82, 2.24) is 0 Å². The summed E-state index contributed by atoms with van der Waals surface area (Å²) in [4.78, 5) is 25.2. The molecule has 0 aliphatic rings. The number of allylic oxidation sites excluding steroid dienone is 8. The average Bonchev–Trinajstić information content (AvgIpc) is 3.17. The van der Waals surface area contributed by atoms with Crippen LogP contribution in [0.2, 0.25) is 0 Å². The Morgan fingerprint density at radius 3 is 1.33 bits per heavy atom. The molecule has 314 valence electrons. The van der Waals surface area contributed by atoms with E-state index in [-0.39, 0.29) is 25.2 Å². The van der Waals surface area contributed by atoms with E-state index >= 15 is 0 Å². The first-order valence-electron chi connectivity index (χ1n) is 23.2. The second kappa shape index (κ2) is 45.3. The first kappa shape index (κ1) is 51.9. The summed E-state index contributed by atoms with van der Waals surface area (Å²) in [7, 11) is 0. The van der Waals surface area contributed by atoms with Gasteiger partial charge in [-0.2, -0.15) is 0 Å². The summed E-state index contributed by atoms with van der Waals surface area (Å²) in [6.07, 6.45) is 53.9. The summed E-state index contributed by atoms with van der Waals surface area (Å²) in [6, 6.07) is 0. The number of rotatable bonds is 42. The molecule has 0 rings (SSSR count). The Bertz CT molecular complexity index is 904. The Balaban J connectivity index is 4.29. The Morgan fingerprint density at radius 2 is 0.833 bits per heavy atom. The van der Waals surface area contributed by atoms with Crippen LogP contribution in [0.5, 0.6) is 0 Å². The van der Waals surface area contributed by atoms with Crippen molar-refractivity contribution < 1.29 is 23.8 Å². The molecule has 0 radical (unpaired) electrons. The maximum absolute atomic E-state index is 12.7. The minimum absolute atomic E-state index is 0.0675. The molecule has 0 spiro atoms. The van der Waals surface area contributed by atoms with E-state index in [0.29, 0.717) is 19.4 Å². The van der Waals surface area contributed by atoms with Crippen LogP contribution in [0.4, 0.5) is 0 Å². The smallest absolute Gasteiger partial charge is 0.306 e. The van der Waals surface area contributed by atoms with Gasteiger partial charge in [-0.1, -0.05) is 204 Å². The van der Waals surface area contributed by atoms with Gasteiger partial charge in [-0.05, 0) is 57.8 Å². The predicted molar refractivity (Wildman–Crippen MR) is 233 cm³/mol. The number of unbranched alkanes of at least 4 members (excludes halogenated alkanes) is 23. The Labute approximate surface area is 335 Å². The van der Waals surface area contributed by atoms with E-state index in [1.807, 2.05) is 0 Å². The fourth-order valence-electron chi connectivity index (χ4n) is 6.44. The molecule has 0 heterocycles. The highest BCUT2D eigenvalue weighted by Gasteiger charge is 2.17. The van der Waals surface area contributed by atoms with E-state index in [2.05, 4.69) is 69.4 Å². The first-order chi connectivity index (χ1) is 26.6. The van der Waals surface area contributed by atoms with Crippen LogP contribution < -0.4 is 0 Å². The molecular formula is C49H88O5. The van der Waals surface area contributed by atoms with Crippen LogP contribution >= 0.6 is 0 Å². The minimum atomic E-state index is -0.545. The van der Waals surface area contributed by atoms with Gasteiger partial charge in [0.05, 0.1) is 6.61 Å². The third-order valence-electron chi connectivity index (χ3n) is 9.88. The van der Waals surface area contributed by atoms with Crippen molar-refractivity contribution >= 4 is 11.9 Å². The van der Waals surface area contributed by atoms with Crippen LogP contribution in [-0.4, -0.2) is 37.9 Å². The van der Waals surface area contributed by atoms with Crippen molar-refractivity contribution in [3.05, 3.63) is 48.6 Å². The van der Waals surface area contributed by atoms with Crippen molar-refractivity contribution in [3.8, 4) is 0 Å². The quantitative estimate of drug-likeness (QED) is 0.0353. The van der Waals surface area contributed by atoms with Crippen LogP contribution in [0.3, 0.4) is 0 Å². The maximum Gasteiger partial charge on any atom is 0.306 e. The van der Waals surface area contributed by atoms with Gasteiger partial charge in [-0.15, -0.1) is 0 Å². The lowest BCUT2D eigenvalue weighted by atomic mass is 10.0. The van der Waals surface area contributed by atoms with E-state index in [9.17, 15) is 9.59 Å². The molecule has 0 aromatic rings. The van der Waals surface area contributed by atoms with Gasteiger partial charge in [-0.3, -0.25) is 9.59 Å². The lowest BCUT2D eigenvalue weighted by Gasteiger charge is -2.18. The molecule has 0 aromatic heterocycles. The molecule has 5 nitrogen and oxygen atoms in total. The number of hydrogen-bond donors (Lipinski definition) is 0. The second-order valence-electron chi connectivity index (χ2n) is 15.3. The number of carbonyl (C=O) groups excluding carboxylic acids is 2. The van der Waals surface area contributed by atoms with Gasteiger partial charge in [-0.25, -0.2) is 0 Å². The third-order valence-corrected chi connectivity index (χ3v) is 9.88. The summed E-state index contributed by atoms with van der Waals surface area (Å²) in [5.74, 6) is -0.438. The Morgan fingerprint density at radius 1 is 0.426 bits per heavy atom. The summed E-state index contributed by atoms with van der Waals surface area (Å²) < 4.78 is 17.3. The predicted octanol–water partition coefficient (Wildman–Crippen LogP) is 15.2. The number of carbonyl (C=O) groups is 2.